The third-order valence-corrected chi connectivity index (χ3v) is 6.03. The van der Waals surface area contributed by atoms with E-state index >= 15 is 0 Å². The zero-order valence-corrected chi connectivity index (χ0v) is 16.0. The molecule has 0 radical (unpaired) electrons. The van der Waals surface area contributed by atoms with Gasteiger partial charge in [-0.1, -0.05) is 12.7 Å². The van der Waals surface area contributed by atoms with Gasteiger partial charge in [0.05, 0.1) is 11.4 Å². The van der Waals surface area contributed by atoms with Crippen molar-refractivity contribution in [2.24, 2.45) is 16.8 Å². The van der Waals surface area contributed by atoms with Crippen molar-refractivity contribution in [3.8, 4) is 0 Å². The Balaban J connectivity index is 1.64. The average molecular weight is 361 g/mol. The second-order valence-corrected chi connectivity index (χ2v) is 8.13. The van der Waals surface area contributed by atoms with Crippen LogP contribution < -0.4 is 4.90 Å². The van der Waals surface area contributed by atoms with E-state index in [0.29, 0.717) is 18.4 Å². The lowest BCUT2D eigenvalue weighted by molar-refractivity contribution is 0.154. The monoisotopic (exact) mass is 360 g/mol. The Hall–Kier alpha value is -1.66. The molecule has 1 N–H and O–H groups in total. The zero-order valence-electron chi connectivity index (χ0n) is 15.2. The van der Waals surface area contributed by atoms with E-state index < -0.39 is 0 Å². The van der Waals surface area contributed by atoms with Gasteiger partial charge in [-0.25, -0.2) is 4.98 Å². The van der Waals surface area contributed by atoms with Gasteiger partial charge >= 0.3 is 0 Å². The minimum atomic E-state index is 0.296. The Morgan fingerprint density at radius 1 is 1.44 bits per heavy atom. The molecule has 0 unspecified atom stereocenters. The highest BCUT2D eigenvalue weighted by atomic mass is 32.1. The van der Waals surface area contributed by atoms with Crippen molar-refractivity contribution in [2.75, 3.05) is 37.7 Å². The van der Waals surface area contributed by atoms with Crippen LogP contribution in [-0.2, 0) is 0 Å². The second kappa shape index (κ2) is 8.15. The third-order valence-electron chi connectivity index (χ3n) is 5.06. The number of aromatic nitrogens is 1. The predicted octanol–water partition coefficient (Wildman–Crippen LogP) is 3.08. The normalized spacial score (nSPS) is 20.4. The maximum Gasteiger partial charge on any atom is 0.185 e. The van der Waals surface area contributed by atoms with Gasteiger partial charge in [0.15, 0.2) is 5.13 Å². The highest BCUT2D eigenvalue weighted by Gasteiger charge is 2.35. The molecule has 2 saturated heterocycles. The fraction of sp³-hybridized carbons (Fsp3) is 0.579. The lowest BCUT2D eigenvalue weighted by Crippen LogP contribution is -2.52. The molecule has 2 aliphatic rings. The number of rotatable bonds is 6. The summed E-state index contributed by atoms with van der Waals surface area (Å²) in [6, 6.07) is 0. The first-order valence-corrected chi connectivity index (χ1v) is 9.85. The average Bonchev–Trinajstić information content (AvgIpc) is 3.02. The molecule has 1 aromatic heterocycles. The number of piperidine rings is 1. The summed E-state index contributed by atoms with van der Waals surface area (Å²) in [5, 5.41) is 10.4. The van der Waals surface area contributed by atoms with Crippen molar-refractivity contribution in [1.29, 1.82) is 0 Å². The number of allylic oxidation sites excluding steroid dienone is 2. The Morgan fingerprint density at radius 2 is 2.16 bits per heavy atom. The second-order valence-electron chi connectivity index (χ2n) is 6.91. The molecule has 2 aliphatic heterocycles. The van der Waals surface area contributed by atoms with Crippen molar-refractivity contribution in [3.63, 3.8) is 0 Å². The first-order valence-electron chi connectivity index (χ1n) is 9.03. The number of aliphatic hydroxyl groups is 1. The number of thiazole rings is 1. The van der Waals surface area contributed by atoms with Gasteiger partial charge in [-0.15, -0.1) is 11.3 Å². The SMILES string of the molecule is C=C(C(=N/C=C\C)C1CN(c2ncc(C)s2)C1)N1CCC(CO)CC1. The maximum absolute atomic E-state index is 9.33. The van der Waals surface area contributed by atoms with Gasteiger partial charge in [0.25, 0.3) is 0 Å². The Bertz CT molecular complexity index is 652. The Labute approximate surface area is 154 Å². The van der Waals surface area contributed by atoms with E-state index in [-0.39, 0.29) is 0 Å². The number of aliphatic hydroxyl groups excluding tert-OH is 1. The molecule has 3 heterocycles. The van der Waals surface area contributed by atoms with Gasteiger partial charge in [-0.05, 0) is 32.6 Å². The summed E-state index contributed by atoms with van der Waals surface area (Å²) in [6.07, 6.45) is 7.83. The van der Waals surface area contributed by atoms with E-state index in [1.54, 1.807) is 11.3 Å². The quantitative estimate of drug-likeness (QED) is 0.792. The standard InChI is InChI=1S/C19H28N4OS/c1-4-7-20-18(15(3)22-8-5-16(13-24)6-9-22)17-11-23(12-17)19-21-10-14(2)25-19/h4,7,10,16-17,24H,3,5-6,8-9,11-13H2,1-2H3/b7-4-,20-18?. The minimum Gasteiger partial charge on any atom is -0.396 e. The van der Waals surface area contributed by atoms with Crippen molar-refractivity contribution in [2.45, 2.75) is 26.7 Å². The molecular weight excluding hydrogens is 332 g/mol. The highest BCUT2D eigenvalue weighted by Crippen LogP contribution is 2.31. The van der Waals surface area contributed by atoms with Gasteiger partial charge < -0.3 is 14.9 Å². The number of anilines is 1. The van der Waals surface area contributed by atoms with Crippen molar-refractivity contribution < 1.29 is 5.11 Å². The molecule has 25 heavy (non-hydrogen) atoms. The van der Waals surface area contributed by atoms with Gasteiger partial charge in [-0.3, -0.25) is 4.99 Å². The molecule has 136 valence electrons. The molecule has 0 saturated carbocycles. The Morgan fingerprint density at radius 3 is 2.72 bits per heavy atom. The molecule has 0 atom stereocenters. The van der Waals surface area contributed by atoms with Crippen LogP contribution in [0.2, 0.25) is 0 Å². The van der Waals surface area contributed by atoms with Crippen LogP contribution in [0.25, 0.3) is 0 Å². The van der Waals surface area contributed by atoms with Crippen LogP contribution in [0.4, 0.5) is 5.13 Å². The van der Waals surface area contributed by atoms with Crippen LogP contribution in [0.3, 0.4) is 0 Å². The van der Waals surface area contributed by atoms with Crippen LogP contribution in [0.5, 0.6) is 0 Å². The van der Waals surface area contributed by atoms with Crippen LogP contribution in [-0.4, -0.2) is 53.5 Å². The summed E-state index contributed by atoms with van der Waals surface area (Å²) < 4.78 is 0. The number of aryl methyl sites for hydroxylation is 1. The smallest absolute Gasteiger partial charge is 0.185 e. The fourth-order valence-electron chi connectivity index (χ4n) is 3.41. The van der Waals surface area contributed by atoms with E-state index in [1.165, 1.54) is 4.88 Å². The Kier molecular flexibility index (Phi) is 5.91. The molecule has 3 rings (SSSR count). The van der Waals surface area contributed by atoms with Gasteiger partial charge in [0, 0.05) is 56.0 Å². The van der Waals surface area contributed by atoms with Gasteiger partial charge in [0.2, 0.25) is 0 Å². The first kappa shape index (κ1) is 18.1. The third kappa shape index (κ3) is 4.12. The highest BCUT2D eigenvalue weighted by molar-refractivity contribution is 7.15. The lowest BCUT2D eigenvalue weighted by atomic mass is 9.91. The number of hydrogen-bond donors (Lipinski definition) is 1. The van der Waals surface area contributed by atoms with Gasteiger partial charge in [-0.2, -0.15) is 0 Å². The summed E-state index contributed by atoms with van der Waals surface area (Å²) in [4.78, 5) is 15.1. The number of aliphatic imine (C=N–C) groups is 1. The van der Waals surface area contributed by atoms with Crippen molar-refractivity contribution >= 4 is 22.2 Å². The van der Waals surface area contributed by atoms with Crippen molar-refractivity contribution in [3.05, 3.63) is 35.6 Å². The van der Waals surface area contributed by atoms with E-state index in [1.807, 2.05) is 25.4 Å². The van der Waals surface area contributed by atoms with Crippen LogP contribution >= 0.6 is 11.3 Å². The summed E-state index contributed by atoms with van der Waals surface area (Å²) in [6.45, 7) is 12.6. The fourth-order valence-corrected chi connectivity index (χ4v) is 4.19. The van der Waals surface area contributed by atoms with Crippen molar-refractivity contribution in [1.82, 2.24) is 9.88 Å². The molecule has 0 bridgehead atoms. The summed E-state index contributed by atoms with van der Waals surface area (Å²) in [5.41, 5.74) is 2.15. The summed E-state index contributed by atoms with van der Waals surface area (Å²) in [5.74, 6) is 0.843. The van der Waals surface area contributed by atoms with Crippen LogP contribution in [0.1, 0.15) is 24.6 Å². The molecular formula is C19H28N4OS. The van der Waals surface area contributed by atoms with Gasteiger partial charge in [0.1, 0.15) is 0 Å². The minimum absolute atomic E-state index is 0.296. The maximum atomic E-state index is 9.33. The van der Waals surface area contributed by atoms with E-state index in [0.717, 1.165) is 55.6 Å². The molecule has 5 nitrogen and oxygen atoms in total. The lowest BCUT2D eigenvalue weighted by Gasteiger charge is -2.42. The molecule has 0 amide bonds. The molecule has 6 heteroatoms. The van der Waals surface area contributed by atoms with E-state index in [4.69, 9.17) is 4.99 Å². The number of hydrogen-bond acceptors (Lipinski definition) is 6. The molecule has 0 aromatic carbocycles. The molecule has 1 aromatic rings. The number of nitrogens with zero attached hydrogens (tertiary/aromatic N) is 4. The first-order chi connectivity index (χ1) is 12.1. The molecule has 2 fully saturated rings. The van der Waals surface area contributed by atoms with Crippen LogP contribution in [0, 0.1) is 18.8 Å². The van der Waals surface area contributed by atoms with Crippen LogP contribution in [0.15, 0.2) is 35.7 Å². The molecule has 0 spiro atoms. The van der Waals surface area contributed by atoms with E-state index in [2.05, 4.69) is 28.3 Å². The number of likely N-dealkylation sites (tertiary alicyclic amines) is 1. The topological polar surface area (TPSA) is 52.0 Å². The van der Waals surface area contributed by atoms with E-state index in [9.17, 15) is 5.11 Å². The summed E-state index contributed by atoms with van der Waals surface area (Å²) >= 11 is 1.75. The summed E-state index contributed by atoms with van der Waals surface area (Å²) in [7, 11) is 0. The molecule has 0 aliphatic carbocycles. The predicted molar refractivity (Wildman–Crippen MR) is 105 cm³/mol. The zero-order chi connectivity index (χ0) is 17.8. The largest absolute Gasteiger partial charge is 0.396 e.